The van der Waals surface area contributed by atoms with E-state index < -0.39 is 11.5 Å². The first-order valence-corrected chi connectivity index (χ1v) is 9.43. The van der Waals surface area contributed by atoms with E-state index in [1.807, 2.05) is 32.9 Å². The van der Waals surface area contributed by atoms with Gasteiger partial charge in [-0.2, -0.15) is 0 Å². The van der Waals surface area contributed by atoms with Crippen LogP contribution in [0, 0.1) is 13.8 Å². The molecule has 1 N–H and O–H groups in total. The number of carbonyl (C=O) groups is 1. The summed E-state index contributed by atoms with van der Waals surface area (Å²) in [6, 6.07) is 6.85. The topological polar surface area (TPSA) is 82.5 Å². The number of benzene rings is 2. The van der Waals surface area contributed by atoms with Gasteiger partial charge in [-0.25, -0.2) is 4.98 Å². The van der Waals surface area contributed by atoms with Crippen LogP contribution in [-0.4, -0.2) is 29.7 Å². The van der Waals surface area contributed by atoms with E-state index in [9.17, 15) is 9.59 Å². The van der Waals surface area contributed by atoms with Crippen LogP contribution in [0.3, 0.4) is 0 Å². The number of hydrogen-bond acceptors (Lipinski definition) is 5. The number of rotatable bonds is 5. The highest BCUT2D eigenvalue weighted by Crippen LogP contribution is 2.36. The average Bonchev–Trinajstić information content (AvgIpc) is 2.69. The lowest BCUT2D eigenvalue weighted by Crippen LogP contribution is -2.31. The molecule has 0 aliphatic rings. The first-order chi connectivity index (χ1) is 13.8. The zero-order valence-electron chi connectivity index (χ0n) is 16.9. The van der Waals surface area contributed by atoms with Crippen LogP contribution in [0.25, 0.3) is 11.0 Å². The lowest BCUT2D eigenvalue weighted by Gasteiger charge is -2.14. The molecule has 3 rings (SSSR count). The molecule has 0 radical (unpaired) electrons. The molecule has 1 aromatic heterocycles. The van der Waals surface area contributed by atoms with Crippen molar-refractivity contribution in [3.8, 4) is 11.5 Å². The Kier molecular flexibility index (Phi) is 5.79. The molecular weight excluding hydrogens is 394 g/mol. The van der Waals surface area contributed by atoms with Gasteiger partial charge in [-0.05, 0) is 50.1 Å². The number of fused-ring (bicyclic) bond motifs is 1. The molecule has 7 nitrogen and oxygen atoms in total. The maximum Gasteiger partial charge on any atom is 0.282 e. The van der Waals surface area contributed by atoms with E-state index in [-0.39, 0.29) is 5.69 Å². The van der Waals surface area contributed by atoms with Gasteiger partial charge in [0.1, 0.15) is 11.5 Å². The number of aromatic nitrogens is 2. The Balaban J connectivity index is 2.11. The van der Waals surface area contributed by atoms with Crippen LogP contribution in [0.1, 0.15) is 28.5 Å². The minimum atomic E-state index is -0.642. The summed E-state index contributed by atoms with van der Waals surface area (Å²) in [5.41, 5.74) is 3.02. The molecule has 0 fully saturated rings. The van der Waals surface area contributed by atoms with Crippen molar-refractivity contribution in [3.63, 3.8) is 0 Å². The molecule has 2 aromatic carbocycles. The van der Waals surface area contributed by atoms with E-state index in [0.717, 1.165) is 11.1 Å². The molecule has 0 spiro atoms. The standard InChI is InChI=1S/C21H22ClN3O4/c1-6-25-16-8-12(3)11(2)7-14(16)23-19(21(25)27)20(26)24-15-9-13(22)17(28-4)10-18(15)29-5/h7-10H,6H2,1-5H3,(H,24,26). The van der Waals surface area contributed by atoms with Crippen molar-refractivity contribution < 1.29 is 14.3 Å². The highest BCUT2D eigenvalue weighted by molar-refractivity contribution is 6.32. The summed E-state index contributed by atoms with van der Waals surface area (Å²) in [4.78, 5) is 30.2. The van der Waals surface area contributed by atoms with Gasteiger partial charge in [0, 0.05) is 12.6 Å². The number of ether oxygens (including phenoxy) is 2. The summed E-state index contributed by atoms with van der Waals surface area (Å²) < 4.78 is 12.0. The molecule has 8 heteroatoms. The molecule has 1 amide bonds. The summed E-state index contributed by atoms with van der Waals surface area (Å²) in [6.07, 6.45) is 0. The van der Waals surface area contributed by atoms with Crippen LogP contribution < -0.4 is 20.3 Å². The van der Waals surface area contributed by atoms with Gasteiger partial charge in [-0.1, -0.05) is 11.6 Å². The summed E-state index contributed by atoms with van der Waals surface area (Å²) >= 11 is 6.16. The van der Waals surface area contributed by atoms with Gasteiger partial charge in [0.2, 0.25) is 0 Å². The Morgan fingerprint density at radius 3 is 2.38 bits per heavy atom. The van der Waals surface area contributed by atoms with Gasteiger partial charge in [0.15, 0.2) is 5.69 Å². The molecule has 0 bridgehead atoms. The second kappa shape index (κ2) is 8.13. The van der Waals surface area contributed by atoms with E-state index in [1.165, 1.54) is 20.3 Å². The van der Waals surface area contributed by atoms with Crippen molar-refractivity contribution in [2.24, 2.45) is 0 Å². The molecule has 0 unspecified atom stereocenters. The fourth-order valence-electron chi connectivity index (χ4n) is 3.10. The lowest BCUT2D eigenvalue weighted by atomic mass is 10.1. The van der Waals surface area contributed by atoms with E-state index in [1.54, 1.807) is 10.6 Å². The minimum Gasteiger partial charge on any atom is -0.495 e. The number of methoxy groups -OCH3 is 2. The number of aryl methyl sites for hydroxylation is 3. The number of nitrogens with one attached hydrogen (secondary N) is 1. The average molecular weight is 416 g/mol. The molecule has 0 aliphatic carbocycles. The Morgan fingerprint density at radius 1 is 1.10 bits per heavy atom. The zero-order chi connectivity index (χ0) is 21.3. The Labute approximate surface area is 173 Å². The van der Waals surface area contributed by atoms with E-state index in [0.29, 0.717) is 39.8 Å². The summed E-state index contributed by atoms with van der Waals surface area (Å²) in [5.74, 6) is 0.115. The molecule has 0 aliphatic heterocycles. The normalized spacial score (nSPS) is 10.8. The second-order valence-electron chi connectivity index (χ2n) is 6.58. The number of nitrogens with zero attached hydrogens (tertiary/aromatic N) is 2. The molecule has 1 heterocycles. The number of amides is 1. The van der Waals surface area contributed by atoms with Crippen LogP contribution in [0.15, 0.2) is 29.1 Å². The molecule has 29 heavy (non-hydrogen) atoms. The fourth-order valence-corrected chi connectivity index (χ4v) is 3.34. The maximum atomic E-state index is 12.9. The monoisotopic (exact) mass is 415 g/mol. The van der Waals surface area contributed by atoms with Gasteiger partial charge in [0.05, 0.1) is 36.0 Å². The summed E-state index contributed by atoms with van der Waals surface area (Å²) in [7, 11) is 2.94. The molecule has 0 saturated heterocycles. The van der Waals surface area contributed by atoms with Crippen LogP contribution >= 0.6 is 11.6 Å². The number of halogens is 1. The third kappa shape index (κ3) is 3.78. The highest BCUT2D eigenvalue weighted by Gasteiger charge is 2.20. The van der Waals surface area contributed by atoms with E-state index >= 15 is 0 Å². The zero-order valence-corrected chi connectivity index (χ0v) is 17.7. The molecule has 3 aromatic rings. The Bertz CT molecular complexity index is 1170. The van der Waals surface area contributed by atoms with Gasteiger partial charge >= 0.3 is 0 Å². The van der Waals surface area contributed by atoms with E-state index in [2.05, 4.69) is 10.3 Å². The maximum absolute atomic E-state index is 12.9. The molecule has 152 valence electrons. The summed E-state index contributed by atoms with van der Waals surface area (Å²) in [5, 5.41) is 2.97. The van der Waals surface area contributed by atoms with E-state index in [4.69, 9.17) is 21.1 Å². The lowest BCUT2D eigenvalue weighted by molar-refractivity contribution is 0.102. The first kappa shape index (κ1) is 20.7. The van der Waals surface area contributed by atoms with Crippen molar-refractivity contribution in [2.45, 2.75) is 27.3 Å². The Morgan fingerprint density at radius 2 is 1.76 bits per heavy atom. The van der Waals surface area contributed by atoms with Crippen LogP contribution in [0.5, 0.6) is 11.5 Å². The first-order valence-electron chi connectivity index (χ1n) is 9.05. The van der Waals surface area contributed by atoms with Gasteiger partial charge in [0.25, 0.3) is 11.5 Å². The van der Waals surface area contributed by atoms with Crippen LogP contribution in [-0.2, 0) is 6.54 Å². The number of anilines is 1. The predicted octanol–water partition coefficient (Wildman–Crippen LogP) is 3.96. The molecule has 0 saturated carbocycles. The van der Waals surface area contributed by atoms with Gasteiger partial charge in [-0.3, -0.25) is 9.59 Å². The number of hydrogen-bond donors (Lipinski definition) is 1. The largest absolute Gasteiger partial charge is 0.495 e. The smallest absolute Gasteiger partial charge is 0.282 e. The predicted molar refractivity (Wildman–Crippen MR) is 114 cm³/mol. The SMILES string of the molecule is CCn1c(=O)c(C(=O)Nc2cc(Cl)c(OC)cc2OC)nc2cc(C)c(C)cc21. The third-order valence-corrected chi connectivity index (χ3v) is 5.11. The van der Waals surface area contributed by atoms with Crippen molar-refractivity contribution in [2.75, 3.05) is 19.5 Å². The third-order valence-electron chi connectivity index (χ3n) is 4.82. The fraction of sp³-hybridized carbons (Fsp3) is 0.286. The molecule has 0 atom stereocenters. The van der Waals surface area contributed by atoms with Crippen molar-refractivity contribution >= 4 is 34.2 Å². The second-order valence-corrected chi connectivity index (χ2v) is 6.98. The van der Waals surface area contributed by atoms with Crippen LogP contribution in [0.4, 0.5) is 5.69 Å². The van der Waals surface area contributed by atoms with Crippen molar-refractivity contribution in [1.29, 1.82) is 0 Å². The minimum absolute atomic E-state index is 0.198. The van der Waals surface area contributed by atoms with Gasteiger partial charge in [-0.15, -0.1) is 0 Å². The van der Waals surface area contributed by atoms with Crippen LogP contribution in [0.2, 0.25) is 5.02 Å². The van der Waals surface area contributed by atoms with Crippen molar-refractivity contribution in [1.82, 2.24) is 9.55 Å². The quantitative estimate of drug-likeness (QED) is 0.682. The summed E-state index contributed by atoms with van der Waals surface area (Å²) in [6.45, 7) is 6.20. The number of carbonyl (C=O) groups excluding carboxylic acids is 1. The molecular formula is C21H22ClN3O4. The Hall–Kier alpha value is -3.06. The van der Waals surface area contributed by atoms with Crippen molar-refractivity contribution in [3.05, 3.63) is 56.5 Å². The highest BCUT2D eigenvalue weighted by atomic mass is 35.5. The van der Waals surface area contributed by atoms with Gasteiger partial charge < -0.3 is 19.4 Å².